The normalized spacial score (nSPS) is 20.7. The number of benzene rings is 1. The number of pyridine rings is 1. The Labute approximate surface area is 231 Å². The maximum Gasteiger partial charge on any atom is 0.169 e. The molecule has 0 radical (unpaired) electrons. The molecule has 39 heavy (non-hydrogen) atoms. The van der Waals surface area contributed by atoms with Gasteiger partial charge in [0.25, 0.3) is 0 Å². The van der Waals surface area contributed by atoms with Crippen LogP contribution in [0.1, 0.15) is 46.2 Å². The van der Waals surface area contributed by atoms with E-state index in [1.54, 1.807) is 12.1 Å². The van der Waals surface area contributed by atoms with Crippen molar-refractivity contribution in [2.24, 2.45) is 5.41 Å². The number of likely N-dealkylation sites (tertiary alicyclic amines) is 1. The lowest BCUT2D eigenvalue weighted by Crippen LogP contribution is -2.58. The smallest absolute Gasteiger partial charge is 0.169 e. The molecule has 1 aromatic carbocycles. The van der Waals surface area contributed by atoms with E-state index in [4.69, 9.17) is 5.73 Å². The Morgan fingerprint density at radius 1 is 1.10 bits per heavy atom. The van der Waals surface area contributed by atoms with Crippen LogP contribution >= 0.6 is 0 Å². The summed E-state index contributed by atoms with van der Waals surface area (Å²) in [6.45, 7) is 13.6. The highest BCUT2D eigenvalue weighted by Gasteiger charge is 2.34. The zero-order valence-corrected chi connectivity index (χ0v) is 23.4. The molecular formula is C31H39N7O. The zero-order valence-electron chi connectivity index (χ0n) is 23.4. The van der Waals surface area contributed by atoms with E-state index in [0.29, 0.717) is 22.5 Å². The first-order valence-electron chi connectivity index (χ1n) is 13.9. The summed E-state index contributed by atoms with van der Waals surface area (Å²) >= 11 is 0. The summed E-state index contributed by atoms with van der Waals surface area (Å²) in [7, 11) is 0. The number of phenols is 1. The van der Waals surface area contributed by atoms with Crippen molar-refractivity contribution in [1.82, 2.24) is 20.1 Å². The number of nitrogens with zero attached hydrogens (tertiary/aromatic N) is 6. The highest BCUT2D eigenvalue weighted by molar-refractivity contribution is 5.74. The van der Waals surface area contributed by atoms with E-state index in [2.05, 4.69) is 81.5 Å². The standard InChI is InChI=1S/C31H39N7O/c1-5-9-25-19-37(28-17-27(34-35-30(28)32)26-11-6-7-12-29(26)39)18-22(2)38(25)24-13-14-33-23(16-24)10-8-15-36-20-31(3,4)21-36/h6-7,11-14,16-17,22,25,39H,5,9,15,18-21H2,1-4H3,(H2,32,35). The molecule has 2 fully saturated rings. The van der Waals surface area contributed by atoms with Crippen LogP contribution in [0.3, 0.4) is 0 Å². The van der Waals surface area contributed by atoms with E-state index in [9.17, 15) is 5.11 Å². The summed E-state index contributed by atoms with van der Waals surface area (Å²) in [6, 6.07) is 13.8. The Bertz CT molecular complexity index is 1370. The van der Waals surface area contributed by atoms with E-state index >= 15 is 0 Å². The van der Waals surface area contributed by atoms with Crippen molar-refractivity contribution in [3.05, 3.63) is 54.4 Å². The van der Waals surface area contributed by atoms with Crippen molar-refractivity contribution in [2.75, 3.05) is 48.3 Å². The van der Waals surface area contributed by atoms with Gasteiger partial charge in [0.05, 0.1) is 17.9 Å². The second-order valence-electron chi connectivity index (χ2n) is 11.6. The SMILES string of the molecule is CCCC1CN(c2cc(-c3ccccc3O)nnc2N)CC(C)N1c1ccnc(C#CCN2CC(C)(C)C2)c1. The van der Waals surface area contributed by atoms with Gasteiger partial charge in [0.1, 0.15) is 11.4 Å². The summed E-state index contributed by atoms with van der Waals surface area (Å²) in [5.41, 5.74) is 10.8. The Kier molecular flexibility index (Phi) is 7.62. The highest BCUT2D eigenvalue weighted by atomic mass is 16.3. The van der Waals surface area contributed by atoms with Crippen LogP contribution in [0.5, 0.6) is 5.75 Å². The average Bonchev–Trinajstić information content (AvgIpc) is 2.88. The first-order valence-corrected chi connectivity index (χ1v) is 13.9. The summed E-state index contributed by atoms with van der Waals surface area (Å²) in [6.07, 6.45) is 3.98. The number of aromatic hydroxyl groups is 1. The van der Waals surface area contributed by atoms with E-state index in [-0.39, 0.29) is 17.8 Å². The molecule has 0 aliphatic carbocycles. The molecule has 2 aromatic heterocycles. The molecule has 204 valence electrons. The molecular weight excluding hydrogens is 486 g/mol. The maximum absolute atomic E-state index is 10.4. The number of aromatic nitrogens is 3. The van der Waals surface area contributed by atoms with Crippen molar-refractivity contribution >= 4 is 17.2 Å². The number of nitrogens with two attached hydrogens (primary N) is 1. The van der Waals surface area contributed by atoms with Crippen molar-refractivity contribution in [2.45, 2.75) is 52.6 Å². The number of hydrogen-bond donors (Lipinski definition) is 2. The topological polar surface area (TPSA) is 94.6 Å². The maximum atomic E-state index is 10.4. The van der Waals surface area contributed by atoms with Crippen LogP contribution in [0.15, 0.2) is 48.7 Å². The Balaban J connectivity index is 1.36. The van der Waals surface area contributed by atoms with Gasteiger partial charge in [-0.3, -0.25) is 4.90 Å². The number of piperazine rings is 1. The largest absolute Gasteiger partial charge is 0.507 e. The third-order valence-corrected chi connectivity index (χ3v) is 7.59. The highest BCUT2D eigenvalue weighted by Crippen LogP contribution is 2.35. The fourth-order valence-electron chi connectivity index (χ4n) is 6.04. The molecule has 0 amide bonds. The van der Waals surface area contributed by atoms with Gasteiger partial charge in [-0.25, -0.2) is 4.98 Å². The van der Waals surface area contributed by atoms with Gasteiger partial charge in [-0.05, 0) is 55.0 Å². The molecule has 4 heterocycles. The summed E-state index contributed by atoms with van der Waals surface area (Å²) in [5, 5.41) is 18.9. The minimum atomic E-state index is 0.176. The van der Waals surface area contributed by atoms with Gasteiger partial charge in [0, 0.05) is 55.7 Å². The lowest BCUT2D eigenvalue weighted by Gasteiger charge is -2.48. The molecule has 2 atom stereocenters. The van der Waals surface area contributed by atoms with Crippen LogP contribution in [0, 0.1) is 17.3 Å². The number of anilines is 3. The van der Waals surface area contributed by atoms with Gasteiger partial charge in [-0.1, -0.05) is 45.2 Å². The molecule has 8 heteroatoms. The number of hydrogen-bond acceptors (Lipinski definition) is 8. The fourth-order valence-corrected chi connectivity index (χ4v) is 6.04. The van der Waals surface area contributed by atoms with Gasteiger partial charge in [-0.15, -0.1) is 10.2 Å². The van der Waals surface area contributed by atoms with E-state index < -0.39 is 0 Å². The second kappa shape index (κ2) is 11.1. The number of para-hydroxylation sites is 1. The summed E-state index contributed by atoms with van der Waals surface area (Å²) in [4.78, 5) is 11.7. The zero-order chi connectivity index (χ0) is 27.6. The Morgan fingerprint density at radius 3 is 2.64 bits per heavy atom. The fraction of sp³-hybridized carbons (Fsp3) is 0.452. The second-order valence-corrected chi connectivity index (χ2v) is 11.6. The van der Waals surface area contributed by atoms with Crippen molar-refractivity contribution in [1.29, 1.82) is 0 Å². The van der Waals surface area contributed by atoms with Gasteiger partial charge < -0.3 is 20.6 Å². The van der Waals surface area contributed by atoms with Crippen molar-refractivity contribution < 1.29 is 5.11 Å². The van der Waals surface area contributed by atoms with E-state index in [1.807, 2.05) is 24.4 Å². The summed E-state index contributed by atoms with van der Waals surface area (Å²) < 4.78 is 0. The van der Waals surface area contributed by atoms with Gasteiger partial charge in [0.2, 0.25) is 0 Å². The molecule has 3 aromatic rings. The third kappa shape index (κ3) is 5.94. The predicted octanol–water partition coefficient (Wildman–Crippen LogP) is 4.40. The van der Waals surface area contributed by atoms with Gasteiger partial charge >= 0.3 is 0 Å². The summed E-state index contributed by atoms with van der Waals surface area (Å²) in [5.74, 6) is 7.18. The molecule has 0 saturated carbocycles. The van der Waals surface area contributed by atoms with Gasteiger partial charge in [0.15, 0.2) is 5.82 Å². The monoisotopic (exact) mass is 525 g/mol. The predicted molar refractivity (Wildman–Crippen MR) is 158 cm³/mol. The van der Waals surface area contributed by atoms with Crippen LogP contribution in [-0.4, -0.2) is 70.0 Å². The van der Waals surface area contributed by atoms with E-state index in [0.717, 1.165) is 62.6 Å². The number of phenolic OH excluding ortho intramolecular Hbond substituents is 1. The molecule has 2 aliphatic heterocycles. The first kappa shape index (κ1) is 26.8. The minimum Gasteiger partial charge on any atom is -0.507 e. The lowest BCUT2D eigenvalue weighted by molar-refractivity contribution is 0.0443. The van der Waals surface area contributed by atoms with Crippen molar-refractivity contribution in [3.63, 3.8) is 0 Å². The molecule has 0 bridgehead atoms. The van der Waals surface area contributed by atoms with Crippen LogP contribution in [0.25, 0.3) is 11.3 Å². The minimum absolute atomic E-state index is 0.176. The average molecular weight is 526 g/mol. The molecule has 8 nitrogen and oxygen atoms in total. The molecule has 3 N–H and O–H groups in total. The Hall–Kier alpha value is -3.83. The molecule has 2 aliphatic rings. The quantitative estimate of drug-likeness (QED) is 0.457. The number of rotatable bonds is 6. The van der Waals surface area contributed by atoms with Crippen LogP contribution in [-0.2, 0) is 0 Å². The molecule has 5 rings (SSSR count). The molecule has 0 spiro atoms. The number of nitrogen functional groups attached to an aromatic ring is 1. The third-order valence-electron chi connectivity index (χ3n) is 7.59. The van der Waals surface area contributed by atoms with Crippen molar-refractivity contribution in [3.8, 4) is 28.8 Å². The van der Waals surface area contributed by atoms with Crippen LogP contribution in [0.4, 0.5) is 17.2 Å². The van der Waals surface area contributed by atoms with Gasteiger partial charge in [-0.2, -0.15) is 0 Å². The first-order chi connectivity index (χ1) is 18.7. The Morgan fingerprint density at radius 2 is 1.90 bits per heavy atom. The molecule has 2 unspecified atom stereocenters. The van der Waals surface area contributed by atoms with E-state index in [1.165, 1.54) is 0 Å². The molecule has 2 saturated heterocycles. The van der Waals surface area contributed by atoms with Crippen LogP contribution in [0.2, 0.25) is 0 Å². The lowest BCUT2D eigenvalue weighted by atomic mass is 9.84. The van der Waals surface area contributed by atoms with Crippen LogP contribution < -0.4 is 15.5 Å².